The van der Waals surface area contributed by atoms with Crippen molar-refractivity contribution in [2.24, 2.45) is 7.05 Å². The summed E-state index contributed by atoms with van der Waals surface area (Å²) in [6, 6.07) is 16.1. The summed E-state index contributed by atoms with van der Waals surface area (Å²) in [5.41, 5.74) is 4.32. The quantitative estimate of drug-likeness (QED) is 0.689. The van der Waals surface area contributed by atoms with Crippen LogP contribution in [-0.4, -0.2) is 9.13 Å². The molecular weight excluding hydrogens is 236 g/mol. The molecule has 0 fully saturated rings. The summed E-state index contributed by atoms with van der Waals surface area (Å²) in [7, 11) is 1.83. The molecule has 0 N–H and O–H groups in total. The van der Waals surface area contributed by atoms with E-state index in [-0.39, 0.29) is 5.69 Å². The topological polar surface area (TPSA) is 26.9 Å². The molecule has 0 radical (unpaired) electrons. The highest BCUT2D eigenvalue weighted by molar-refractivity contribution is 5.79. The lowest BCUT2D eigenvalue weighted by molar-refractivity contribution is 0.736. The first kappa shape index (κ1) is 11.8. The van der Waals surface area contributed by atoms with Crippen molar-refractivity contribution in [2.75, 3.05) is 0 Å². The number of fused-ring (bicyclic) bond motifs is 1. The molecule has 0 saturated heterocycles. The normalized spacial score (nSPS) is 11.1. The maximum absolute atomic E-state index is 12.4. The van der Waals surface area contributed by atoms with Gasteiger partial charge < -0.3 is 0 Å². The van der Waals surface area contributed by atoms with Gasteiger partial charge in [0.15, 0.2) is 0 Å². The summed E-state index contributed by atoms with van der Waals surface area (Å²) in [6.07, 6.45) is 0. The first-order valence-electron chi connectivity index (χ1n) is 6.37. The minimum Gasteiger partial charge on any atom is -0.295 e. The fourth-order valence-corrected chi connectivity index (χ4v) is 2.60. The van der Waals surface area contributed by atoms with Crippen LogP contribution in [0.3, 0.4) is 0 Å². The minimum atomic E-state index is 0.0353. The van der Waals surface area contributed by atoms with E-state index in [0.717, 1.165) is 22.2 Å². The number of para-hydroxylation sites is 1. The molecule has 0 aliphatic heterocycles. The third-order valence-electron chi connectivity index (χ3n) is 3.54. The number of hydrogen-bond donors (Lipinski definition) is 0. The summed E-state index contributed by atoms with van der Waals surface area (Å²) >= 11 is 0. The van der Waals surface area contributed by atoms with Crippen LogP contribution < -0.4 is 5.69 Å². The van der Waals surface area contributed by atoms with Crippen LogP contribution in [0.2, 0.25) is 0 Å². The number of imidazole rings is 1. The number of rotatable bonds is 2. The van der Waals surface area contributed by atoms with Gasteiger partial charge in [-0.2, -0.15) is 0 Å². The van der Waals surface area contributed by atoms with Crippen molar-refractivity contribution in [3.05, 3.63) is 70.1 Å². The molecule has 0 amide bonds. The van der Waals surface area contributed by atoms with E-state index in [2.05, 4.69) is 0 Å². The fraction of sp³-hybridized carbons (Fsp3) is 0.188. The van der Waals surface area contributed by atoms with Gasteiger partial charge >= 0.3 is 5.69 Å². The van der Waals surface area contributed by atoms with Crippen molar-refractivity contribution in [1.82, 2.24) is 9.13 Å². The number of hydrogen-bond acceptors (Lipinski definition) is 1. The highest BCUT2D eigenvalue weighted by atomic mass is 16.1. The molecule has 0 aliphatic rings. The second kappa shape index (κ2) is 4.43. The molecule has 3 rings (SSSR count). The summed E-state index contributed by atoms with van der Waals surface area (Å²) in [4.78, 5) is 12.4. The largest absolute Gasteiger partial charge is 0.329 e. The predicted octanol–water partition coefficient (Wildman–Crippen LogP) is 2.70. The van der Waals surface area contributed by atoms with Crippen LogP contribution in [0, 0.1) is 6.92 Å². The van der Waals surface area contributed by atoms with Crippen LogP contribution in [0.25, 0.3) is 11.0 Å². The summed E-state index contributed by atoms with van der Waals surface area (Å²) in [5, 5.41) is 0. The van der Waals surface area contributed by atoms with Gasteiger partial charge in [0.2, 0.25) is 0 Å². The van der Waals surface area contributed by atoms with E-state index in [1.165, 1.54) is 0 Å². The molecule has 2 aromatic carbocycles. The summed E-state index contributed by atoms with van der Waals surface area (Å²) < 4.78 is 3.56. The Morgan fingerprint density at radius 3 is 2.47 bits per heavy atom. The molecule has 3 aromatic rings. The minimum absolute atomic E-state index is 0.0353. The molecule has 3 heteroatoms. The average molecular weight is 252 g/mol. The molecule has 0 saturated carbocycles. The first-order chi connectivity index (χ1) is 9.18. The smallest absolute Gasteiger partial charge is 0.295 e. The van der Waals surface area contributed by atoms with Crippen LogP contribution >= 0.6 is 0 Å². The van der Waals surface area contributed by atoms with Crippen molar-refractivity contribution < 1.29 is 0 Å². The average Bonchev–Trinajstić information content (AvgIpc) is 2.66. The number of benzene rings is 2. The molecule has 1 aromatic heterocycles. The van der Waals surface area contributed by atoms with E-state index in [4.69, 9.17) is 0 Å². The van der Waals surface area contributed by atoms with E-state index in [1.54, 1.807) is 4.57 Å². The van der Waals surface area contributed by atoms with Crippen molar-refractivity contribution in [3.63, 3.8) is 0 Å². The Bertz CT molecular complexity index is 782. The molecule has 1 heterocycles. The van der Waals surface area contributed by atoms with Gasteiger partial charge in [0, 0.05) is 7.05 Å². The Morgan fingerprint density at radius 1 is 1.00 bits per heavy atom. The second-order valence-corrected chi connectivity index (χ2v) is 4.86. The SMILES string of the molecule is Cc1cccc2c1n(C)c(=O)n2Cc1ccccc1. The number of nitrogens with zero attached hydrogens (tertiary/aromatic N) is 2. The summed E-state index contributed by atoms with van der Waals surface area (Å²) in [5.74, 6) is 0. The zero-order valence-electron chi connectivity index (χ0n) is 11.1. The van der Waals surface area contributed by atoms with Crippen molar-refractivity contribution in [3.8, 4) is 0 Å². The van der Waals surface area contributed by atoms with Crippen LogP contribution in [0.15, 0.2) is 53.3 Å². The second-order valence-electron chi connectivity index (χ2n) is 4.86. The summed E-state index contributed by atoms with van der Waals surface area (Å²) in [6.45, 7) is 2.65. The fourth-order valence-electron chi connectivity index (χ4n) is 2.60. The van der Waals surface area contributed by atoms with E-state index in [9.17, 15) is 4.79 Å². The van der Waals surface area contributed by atoms with Gasteiger partial charge in [-0.25, -0.2) is 4.79 Å². The Balaban J connectivity index is 2.22. The first-order valence-corrected chi connectivity index (χ1v) is 6.37. The Hall–Kier alpha value is -2.29. The maximum atomic E-state index is 12.4. The van der Waals surface area contributed by atoms with E-state index < -0.39 is 0 Å². The van der Waals surface area contributed by atoms with Crippen LogP contribution in [0.1, 0.15) is 11.1 Å². The van der Waals surface area contributed by atoms with Gasteiger partial charge in [0.1, 0.15) is 0 Å². The molecule has 0 aliphatic carbocycles. The van der Waals surface area contributed by atoms with Gasteiger partial charge in [0.25, 0.3) is 0 Å². The lowest BCUT2D eigenvalue weighted by Crippen LogP contribution is -2.22. The van der Waals surface area contributed by atoms with Gasteiger partial charge in [-0.3, -0.25) is 9.13 Å². The molecule has 0 atom stereocenters. The third-order valence-corrected chi connectivity index (χ3v) is 3.54. The Morgan fingerprint density at radius 2 is 1.74 bits per heavy atom. The van der Waals surface area contributed by atoms with Crippen molar-refractivity contribution in [2.45, 2.75) is 13.5 Å². The molecule has 0 unspecified atom stereocenters. The van der Waals surface area contributed by atoms with Gasteiger partial charge in [-0.1, -0.05) is 42.5 Å². The predicted molar refractivity (Wildman–Crippen MR) is 77.5 cm³/mol. The van der Waals surface area contributed by atoms with E-state index in [1.807, 2.05) is 67.1 Å². The monoisotopic (exact) mass is 252 g/mol. The van der Waals surface area contributed by atoms with E-state index in [0.29, 0.717) is 6.54 Å². The van der Waals surface area contributed by atoms with Crippen LogP contribution in [-0.2, 0) is 13.6 Å². The lowest BCUT2D eigenvalue weighted by Gasteiger charge is -2.03. The number of aryl methyl sites for hydroxylation is 2. The third kappa shape index (κ3) is 1.87. The zero-order chi connectivity index (χ0) is 13.4. The molecular formula is C16H16N2O. The molecule has 3 nitrogen and oxygen atoms in total. The van der Waals surface area contributed by atoms with Crippen molar-refractivity contribution in [1.29, 1.82) is 0 Å². The van der Waals surface area contributed by atoms with Crippen LogP contribution in [0.4, 0.5) is 0 Å². The van der Waals surface area contributed by atoms with Crippen LogP contribution in [0.5, 0.6) is 0 Å². The highest BCUT2D eigenvalue weighted by Crippen LogP contribution is 2.17. The van der Waals surface area contributed by atoms with Gasteiger partial charge in [-0.05, 0) is 24.1 Å². The highest BCUT2D eigenvalue weighted by Gasteiger charge is 2.11. The molecule has 96 valence electrons. The Kier molecular flexibility index (Phi) is 2.75. The number of aromatic nitrogens is 2. The molecule has 19 heavy (non-hydrogen) atoms. The maximum Gasteiger partial charge on any atom is 0.329 e. The van der Waals surface area contributed by atoms with Gasteiger partial charge in [0.05, 0.1) is 17.6 Å². The zero-order valence-corrected chi connectivity index (χ0v) is 11.1. The molecule has 0 bridgehead atoms. The molecule has 0 spiro atoms. The standard InChI is InChI=1S/C16H16N2O/c1-12-7-6-10-14-15(12)17(2)16(19)18(14)11-13-8-4-3-5-9-13/h3-10H,11H2,1-2H3. The lowest BCUT2D eigenvalue weighted by atomic mass is 10.2. The van der Waals surface area contributed by atoms with Gasteiger partial charge in [-0.15, -0.1) is 0 Å². The van der Waals surface area contributed by atoms with E-state index >= 15 is 0 Å². The Labute approximate surface area is 111 Å². The van der Waals surface area contributed by atoms with Crippen molar-refractivity contribution >= 4 is 11.0 Å².